The maximum atomic E-state index is 11.0. The van der Waals surface area contributed by atoms with Crippen molar-refractivity contribution in [3.05, 3.63) is 58.4 Å². The van der Waals surface area contributed by atoms with Gasteiger partial charge in [0, 0.05) is 16.8 Å². The Morgan fingerprint density at radius 2 is 2.14 bits per heavy atom. The predicted octanol–water partition coefficient (Wildman–Crippen LogP) is 3.37. The molecule has 106 valence electrons. The standard InChI is InChI=1S/C16H14N2O2S/c19-15(20)12-9-18-13-7-6-11(10-4-2-1-3-5-10)8-14(13)21-16(18)17-12/h1-5,9,11H,6-8H2,(H,19,20). The number of nitrogens with zero attached hydrogens (tertiary/aromatic N) is 2. The molecule has 1 aliphatic carbocycles. The monoisotopic (exact) mass is 298 g/mol. The van der Waals surface area contributed by atoms with Gasteiger partial charge in [0.25, 0.3) is 0 Å². The molecule has 3 aromatic rings. The lowest BCUT2D eigenvalue weighted by molar-refractivity contribution is 0.0691. The summed E-state index contributed by atoms with van der Waals surface area (Å²) in [6.07, 6.45) is 4.75. The van der Waals surface area contributed by atoms with Crippen LogP contribution in [0.5, 0.6) is 0 Å². The fraction of sp³-hybridized carbons (Fsp3) is 0.250. The first kappa shape index (κ1) is 12.6. The van der Waals surface area contributed by atoms with Crippen molar-refractivity contribution in [2.45, 2.75) is 25.2 Å². The van der Waals surface area contributed by atoms with Gasteiger partial charge in [-0.3, -0.25) is 4.40 Å². The number of benzene rings is 1. The van der Waals surface area contributed by atoms with Crippen molar-refractivity contribution in [2.24, 2.45) is 0 Å². The van der Waals surface area contributed by atoms with Crippen LogP contribution in [-0.4, -0.2) is 20.5 Å². The van der Waals surface area contributed by atoms with E-state index >= 15 is 0 Å². The molecular weight excluding hydrogens is 284 g/mol. The number of carbonyl (C=O) groups is 1. The Kier molecular flexibility index (Phi) is 2.82. The first-order chi connectivity index (χ1) is 10.2. The average Bonchev–Trinajstić information content (AvgIpc) is 3.05. The highest BCUT2D eigenvalue weighted by atomic mass is 32.1. The second kappa shape index (κ2) is 4.70. The number of hydrogen-bond acceptors (Lipinski definition) is 3. The van der Waals surface area contributed by atoms with Crippen LogP contribution in [0.3, 0.4) is 0 Å². The first-order valence-corrected chi connectivity index (χ1v) is 7.82. The zero-order chi connectivity index (χ0) is 14.4. The van der Waals surface area contributed by atoms with Crippen LogP contribution >= 0.6 is 11.3 Å². The van der Waals surface area contributed by atoms with E-state index in [9.17, 15) is 4.79 Å². The average molecular weight is 298 g/mol. The molecule has 1 atom stereocenters. The molecule has 0 radical (unpaired) electrons. The largest absolute Gasteiger partial charge is 0.476 e. The predicted molar refractivity (Wildman–Crippen MR) is 81.2 cm³/mol. The molecule has 1 aromatic carbocycles. The highest BCUT2D eigenvalue weighted by Gasteiger charge is 2.25. The third-order valence-corrected chi connectivity index (χ3v) is 5.27. The molecule has 0 spiro atoms. The Labute approximate surface area is 125 Å². The van der Waals surface area contributed by atoms with Crippen molar-refractivity contribution in [1.82, 2.24) is 9.38 Å². The molecular formula is C16H14N2O2S. The van der Waals surface area contributed by atoms with Crippen molar-refractivity contribution >= 4 is 22.3 Å². The number of carboxylic acid groups (broad SMARTS) is 1. The molecule has 1 unspecified atom stereocenters. The molecule has 4 rings (SSSR count). The van der Waals surface area contributed by atoms with Crippen molar-refractivity contribution in [3.8, 4) is 0 Å². The number of hydrogen-bond donors (Lipinski definition) is 1. The molecule has 5 heteroatoms. The van der Waals surface area contributed by atoms with E-state index in [1.165, 1.54) is 16.1 Å². The van der Waals surface area contributed by atoms with E-state index in [2.05, 4.69) is 29.2 Å². The number of rotatable bonds is 2. The lowest BCUT2D eigenvalue weighted by Crippen LogP contribution is -2.12. The Bertz CT molecular complexity index is 820. The normalized spacial score (nSPS) is 17.8. The van der Waals surface area contributed by atoms with Crippen LogP contribution in [0.1, 0.15) is 39.0 Å². The fourth-order valence-electron chi connectivity index (χ4n) is 3.10. The van der Waals surface area contributed by atoms with Gasteiger partial charge in [-0.2, -0.15) is 0 Å². The maximum absolute atomic E-state index is 11.0. The third kappa shape index (κ3) is 2.05. The second-order valence-electron chi connectivity index (χ2n) is 5.41. The van der Waals surface area contributed by atoms with Crippen LogP contribution in [0.15, 0.2) is 36.5 Å². The molecule has 0 bridgehead atoms. The van der Waals surface area contributed by atoms with Gasteiger partial charge in [0.2, 0.25) is 0 Å². The van der Waals surface area contributed by atoms with Crippen molar-refractivity contribution < 1.29 is 9.90 Å². The van der Waals surface area contributed by atoms with Crippen molar-refractivity contribution in [1.29, 1.82) is 0 Å². The highest BCUT2D eigenvalue weighted by molar-refractivity contribution is 7.17. The second-order valence-corrected chi connectivity index (χ2v) is 6.47. The van der Waals surface area contributed by atoms with Crippen LogP contribution in [-0.2, 0) is 12.8 Å². The molecule has 2 aromatic heterocycles. The fourth-order valence-corrected chi connectivity index (χ4v) is 4.33. The van der Waals surface area contributed by atoms with E-state index < -0.39 is 5.97 Å². The van der Waals surface area contributed by atoms with Crippen molar-refractivity contribution in [2.75, 3.05) is 0 Å². The third-order valence-electron chi connectivity index (χ3n) is 4.15. The number of aryl methyl sites for hydroxylation is 1. The van der Waals surface area contributed by atoms with Crippen LogP contribution in [0.25, 0.3) is 4.96 Å². The van der Waals surface area contributed by atoms with E-state index in [0.29, 0.717) is 5.92 Å². The van der Waals surface area contributed by atoms with E-state index in [4.69, 9.17) is 5.11 Å². The Hall–Kier alpha value is -2.14. The summed E-state index contributed by atoms with van der Waals surface area (Å²) in [6, 6.07) is 10.6. The van der Waals surface area contributed by atoms with Crippen LogP contribution in [0.2, 0.25) is 0 Å². The van der Waals surface area contributed by atoms with Gasteiger partial charge in [-0.05, 0) is 30.7 Å². The van der Waals surface area contributed by atoms with Gasteiger partial charge in [0.15, 0.2) is 10.7 Å². The topological polar surface area (TPSA) is 54.6 Å². The van der Waals surface area contributed by atoms with Gasteiger partial charge in [-0.15, -0.1) is 11.3 Å². The van der Waals surface area contributed by atoms with Crippen LogP contribution in [0.4, 0.5) is 0 Å². The van der Waals surface area contributed by atoms with Crippen LogP contribution in [0, 0.1) is 0 Å². The summed E-state index contributed by atoms with van der Waals surface area (Å²) in [5.74, 6) is -0.404. The summed E-state index contributed by atoms with van der Waals surface area (Å²) in [5, 5.41) is 9.03. The smallest absolute Gasteiger partial charge is 0.356 e. The summed E-state index contributed by atoms with van der Waals surface area (Å²) in [7, 11) is 0. The van der Waals surface area contributed by atoms with E-state index in [1.54, 1.807) is 17.5 Å². The van der Waals surface area contributed by atoms with Gasteiger partial charge in [0.05, 0.1) is 0 Å². The quantitative estimate of drug-likeness (QED) is 0.789. The summed E-state index contributed by atoms with van der Waals surface area (Å²) < 4.78 is 1.96. The zero-order valence-corrected chi connectivity index (χ0v) is 12.1. The summed E-state index contributed by atoms with van der Waals surface area (Å²) in [6.45, 7) is 0. The van der Waals surface area contributed by atoms with Gasteiger partial charge >= 0.3 is 5.97 Å². The number of thiazole rings is 1. The number of aromatic carboxylic acids is 1. The summed E-state index contributed by atoms with van der Waals surface area (Å²) >= 11 is 1.62. The summed E-state index contributed by atoms with van der Waals surface area (Å²) in [5.41, 5.74) is 2.76. The molecule has 4 nitrogen and oxygen atoms in total. The first-order valence-electron chi connectivity index (χ1n) is 7.00. The molecule has 0 saturated carbocycles. The lowest BCUT2D eigenvalue weighted by atomic mass is 9.85. The zero-order valence-electron chi connectivity index (χ0n) is 11.3. The van der Waals surface area contributed by atoms with Gasteiger partial charge < -0.3 is 5.11 Å². The van der Waals surface area contributed by atoms with Gasteiger partial charge in [-0.1, -0.05) is 30.3 Å². The minimum atomic E-state index is -0.961. The lowest BCUT2D eigenvalue weighted by Gasteiger charge is -2.22. The number of carboxylic acids is 1. The molecule has 0 amide bonds. The summed E-state index contributed by atoms with van der Waals surface area (Å²) in [4.78, 5) is 17.3. The number of fused-ring (bicyclic) bond motifs is 3. The molecule has 1 N–H and O–H groups in total. The molecule has 0 fully saturated rings. The highest BCUT2D eigenvalue weighted by Crippen LogP contribution is 2.37. The molecule has 1 aliphatic rings. The van der Waals surface area contributed by atoms with E-state index in [1.807, 2.05) is 10.5 Å². The Balaban J connectivity index is 1.70. The van der Waals surface area contributed by atoms with Crippen molar-refractivity contribution in [3.63, 3.8) is 0 Å². The van der Waals surface area contributed by atoms with Gasteiger partial charge in [0.1, 0.15) is 0 Å². The van der Waals surface area contributed by atoms with Gasteiger partial charge in [-0.25, -0.2) is 9.78 Å². The van der Waals surface area contributed by atoms with E-state index in [-0.39, 0.29) is 5.69 Å². The Morgan fingerprint density at radius 3 is 2.90 bits per heavy atom. The maximum Gasteiger partial charge on any atom is 0.356 e. The van der Waals surface area contributed by atoms with E-state index in [0.717, 1.165) is 24.2 Å². The molecule has 0 saturated heterocycles. The SMILES string of the molecule is O=C(O)c1cn2c3c(sc2n1)CC(c1ccccc1)CC3. The van der Waals surface area contributed by atoms with Crippen LogP contribution < -0.4 is 0 Å². The minimum absolute atomic E-state index is 0.134. The minimum Gasteiger partial charge on any atom is -0.476 e. The Morgan fingerprint density at radius 1 is 1.33 bits per heavy atom. The molecule has 2 heterocycles. The molecule has 0 aliphatic heterocycles. The number of imidazole rings is 1. The molecule has 21 heavy (non-hydrogen) atoms. The number of aromatic nitrogens is 2.